The summed E-state index contributed by atoms with van der Waals surface area (Å²) >= 11 is 0. The van der Waals surface area contributed by atoms with E-state index in [9.17, 15) is 21.6 Å². The standard InChI is InChI=1S/C24H32N2O5S2/c1-18-10-11-21(32(28,29)20-8-6-5-7-9-20)16-22(18)33(30,31)25-19-12-14-26(15-13-19)23(27)17-24(2,3)4/h5-11,16,19,25H,12-15,17H2,1-4H3. The molecule has 0 unspecified atom stereocenters. The molecule has 1 amide bonds. The van der Waals surface area contributed by atoms with Crippen molar-refractivity contribution in [2.75, 3.05) is 13.1 Å². The van der Waals surface area contributed by atoms with Gasteiger partial charge in [-0.3, -0.25) is 4.79 Å². The highest BCUT2D eigenvalue weighted by molar-refractivity contribution is 7.91. The summed E-state index contributed by atoms with van der Waals surface area (Å²) in [5, 5.41) is 0. The molecule has 0 bridgehead atoms. The van der Waals surface area contributed by atoms with Crippen LogP contribution in [0.25, 0.3) is 0 Å². The van der Waals surface area contributed by atoms with Crippen molar-refractivity contribution in [3.63, 3.8) is 0 Å². The van der Waals surface area contributed by atoms with Gasteiger partial charge in [0.2, 0.25) is 25.8 Å². The van der Waals surface area contributed by atoms with E-state index >= 15 is 0 Å². The molecule has 7 nitrogen and oxygen atoms in total. The minimum Gasteiger partial charge on any atom is -0.343 e. The number of rotatable bonds is 6. The molecule has 33 heavy (non-hydrogen) atoms. The zero-order valence-corrected chi connectivity index (χ0v) is 21.2. The number of carbonyl (C=O) groups is 1. The van der Waals surface area contributed by atoms with Crippen molar-refractivity contribution in [1.29, 1.82) is 0 Å². The average molecular weight is 493 g/mol. The molecule has 9 heteroatoms. The maximum atomic E-state index is 13.2. The number of carbonyl (C=O) groups excluding carboxylic acids is 1. The second kappa shape index (κ2) is 9.56. The molecule has 2 aromatic carbocycles. The van der Waals surface area contributed by atoms with E-state index in [2.05, 4.69) is 4.72 Å². The van der Waals surface area contributed by atoms with E-state index in [1.165, 1.54) is 30.3 Å². The molecule has 0 spiro atoms. The monoisotopic (exact) mass is 492 g/mol. The SMILES string of the molecule is Cc1ccc(S(=O)(=O)c2ccccc2)cc1S(=O)(=O)NC1CCN(C(=O)CC(C)(C)C)CC1. The third-order valence-corrected chi connectivity index (χ3v) is 9.09. The number of aryl methyl sites for hydroxylation is 1. The lowest BCUT2D eigenvalue weighted by atomic mass is 9.91. The first-order chi connectivity index (χ1) is 15.3. The quantitative estimate of drug-likeness (QED) is 0.665. The molecule has 0 atom stereocenters. The Morgan fingerprint density at radius 2 is 1.58 bits per heavy atom. The van der Waals surface area contributed by atoms with Crippen molar-refractivity contribution in [1.82, 2.24) is 9.62 Å². The van der Waals surface area contributed by atoms with Gasteiger partial charge in [0.25, 0.3) is 0 Å². The normalized spacial score (nSPS) is 16.1. The smallest absolute Gasteiger partial charge is 0.241 e. The van der Waals surface area contributed by atoms with Crippen molar-refractivity contribution < 1.29 is 21.6 Å². The highest BCUT2D eigenvalue weighted by Crippen LogP contribution is 2.26. The lowest BCUT2D eigenvalue weighted by Crippen LogP contribution is -2.47. The Hall–Kier alpha value is -2.23. The highest BCUT2D eigenvalue weighted by atomic mass is 32.2. The number of likely N-dealkylation sites (tertiary alicyclic amines) is 1. The Morgan fingerprint density at radius 3 is 2.15 bits per heavy atom. The lowest BCUT2D eigenvalue weighted by Gasteiger charge is -2.34. The molecule has 0 aromatic heterocycles. The zero-order valence-electron chi connectivity index (χ0n) is 19.5. The van der Waals surface area contributed by atoms with Crippen molar-refractivity contribution >= 4 is 25.8 Å². The first-order valence-corrected chi connectivity index (χ1v) is 14.0. The van der Waals surface area contributed by atoms with Crippen molar-refractivity contribution in [2.24, 2.45) is 5.41 Å². The van der Waals surface area contributed by atoms with Crippen LogP contribution in [0.1, 0.15) is 45.6 Å². The van der Waals surface area contributed by atoms with Crippen LogP contribution in [0.5, 0.6) is 0 Å². The summed E-state index contributed by atoms with van der Waals surface area (Å²) in [7, 11) is -7.78. The molecule has 1 aliphatic heterocycles. The predicted octanol–water partition coefficient (Wildman–Crippen LogP) is 3.53. The number of hydrogen-bond acceptors (Lipinski definition) is 5. The predicted molar refractivity (Wildman–Crippen MR) is 127 cm³/mol. The Labute approximate surface area is 197 Å². The van der Waals surface area contributed by atoms with Crippen LogP contribution < -0.4 is 4.72 Å². The third-order valence-electron chi connectivity index (χ3n) is 5.66. The van der Waals surface area contributed by atoms with Gasteiger partial charge >= 0.3 is 0 Å². The van der Waals surface area contributed by atoms with Crippen LogP contribution in [-0.4, -0.2) is 46.8 Å². The van der Waals surface area contributed by atoms with Gasteiger partial charge in [-0.25, -0.2) is 21.6 Å². The summed E-state index contributed by atoms with van der Waals surface area (Å²) in [6.45, 7) is 8.66. The molecular weight excluding hydrogens is 460 g/mol. The minimum absolute atomic E-state index is 0.0502. The second-order valence-corrected chi connectivity index (χ2v) is 13.4. The fourth-order valence-electron chi connectivity index (χ4n) is 3.87. The molecule has 2 aromatic rings. The van der Waals surface area contributed by atoms with E-state index in [1.807, 2.05) is 20.8 Å². The summed E-state index contributed by atoms with van der Waals surface area (Å²) in [6.07, 6.45) is 1.47. The molecule has 1 heterocycles. The Kier molecular flexibility index (Phi) is 7.36. The van der Waals surface area contributed by atoms with E-state index in [-0.39, 0.29) is 32.1 Å². The molecule has 1 aliphatic rings. The van der Waals surface area contributed by atoms with E-state index in [1.54, 1.807) is 30.0 Å². The van der Waals surface area contributed by atoms with Gasteiger partial charge in [0, 0.05) is 25.6 Å². The maximum absolute atomic E-state index is 13.2. The first-order valence-electron chi connectivity index (χ1n) is 11.0. The van der Waals surface area contributed by atoms with Gasteiger partial charge in [-0.1, -0.05) is 45.0 Å². The molecule has 3 rings (SSSR count). The van der Waals surface area contributed by atoms with E-state index in [0.717, 1.165) is 0 Å². The van der Waals surface area contributed by atoms with E-state index in [0.29, 0.717) is 37.9 Å². The van der Waals surface area contributed by atoms with Gasteiger partial charge in [0.05, 0.1) is 14.7 Å². The van der Waals surface area contributed by atoms with Crippen LogP contribution in [0, 0.1) is 12.3 Å². The van der Waals surface area contributed by atoms with Gasteiger partial charge < -0.3 is 4.90 Å². The Bertz CT molecular complexity index is 1210. The van der Waals surface area contributed by atoms with E-state index in [4.69, 9.17) is 0 Å². The second-order valence-electron chi connectivity index (χ2n) is 9.76. The van der Waals surface area contributed by atoms with Crippen LogP contribution in [0.2, 0.25) is 0 Å². The number of hydrogen-bond donors (Lipinski definition) is 1. The summed E-state index contributed by atoms with van der Waals surface area (Å²) in [4.78, 5) is 14.2. The van der Waals surface area contributed by atoms with Gasteiger partial charge in [0.15, 0.2) is 0 Å². The minimum atomic E-state index is -3.94. The summed E-state index contributed by atoms with van der Waals surface area (Å²) in [6, 6.07) is 11.8. The maximum Gasteiger partial charge on any atom is 0.241 e. The van der Waals surface area contributed by atoms with Crippen molar-refractivity contribution in [3.8, 4) is 0 Å². The molecule has 1 saturated heterocycles. The molecular formula is C24H32N2O5S2. The number of sulfone groups is 1. The molecule has 1 N–H and O–H groups in total. The Balaban J connectivity index is 1.75. The average Bonchev–Trinajstić information content (AvgIpc) is 2.73. The highest BCUT2D eigenvalue weighted by Gasteiger charge is 2.30. The van der Waals surface area contributed by atoms with Crippen LogP contribution in [0.4, 0.5) is 0 Å². The first kappa shape index (κ1) is 25.4. The van der Waals surface area contributed by atoms with Gasteiger partial charge in [-0.05, 0) is 55.0 Å². The third kappa shape index (κ3) is 6.22. The van der Waals surface area contributed by atoms with Crippen LogP contribution in [0.15, 0.2) is 63.2 Å². The number of sulfonamides is 1. The molecule has 1 fully saturated rings. The van der Waals surface area contributed by atoms with Crippen LogP contribution in [0.3, 0.4) is 0 Å². The van der Waals surface area contributed by atoms with Crippen LogP contribution >= 0.6 is 0 Å². The van der Waals surface area contributed by atoms with Crippen molar-refractivity contribution in [3.05, 3.63) is 54.1 Å². The van der Waals surface area contributed by atoms with Gasteiger partial charge in [0.1, 0.15) is 0 Å². The zero-order chi connectivity index (χ0) is 24.4. The fraction of sp³-hybridized carbons (Fsp3) is 0.458. The topological polar surface area (TPSA) is 101 Å². The number of nitrogens with one attached hydrogen (secondary N) is 1. The summed E-state index contributed by atoms with van der Waals surface area (Å²) in [5.74, 6) is 0.0819. The number of benzene rings is 2. The van der Waals surface area contributed by atoms with Gasteiger partial charge in [-0.15, -0.1) is 0 Å². The number of amides is 1. The molecule has 0 aliphatic carbocycles. The largest absolute Gasteiger partial charge is 0.343 e. The molecule has 0 saturated carbocycles. The molecule has 180 valence electrons. The molecule has 0 radical (unpaired) electrons. The van der Waals surface area contributed by atoms with Gasteiger partial charge in [-0.2, -0.15) is 0 Å². The van der Waals surface area contributed by atoms with Crippen LogP contribution in [-0.2, 0) is 24.7 Å². The Morgan fingerprint density at radius 1 is 0.970 bits per heavy atom. The summed E-state index contributed by atoms with van der Waals surface area (Å²) in [5.41, 5.74) is 0.366. The number of piperidine rings is 1. The number of nitrogens with zero attached hydrogens (tertiary/aromatic N) is 1. The van der Waals surface area contributed by atoms with E-state index < -0.39 is 19.9 Å². The lowest BCUT2D eigenvalue weighted by molar-refractivity contribution is -0.134. The van der Waals surface area contributed by atoms with Crippen molar-refractivity contribution in [2.45, 2.75) is 67.7 Å². The fourth-order valence-corrected chi connectivity index (χ4v) is 6.83. The summed E-state index contributed by atoms with van der Waals surface area (Å²) < 4.78 is 54.9.